The minimum absolute atomic E-state index is 0.0703. The second-order valence-electron chi connectivity index (χ2n) is 4.81. The summed E-state index contributed by atoms with van der Waals surface area (Å²) in [5.41, 5.74) is 1.68. The molecule has 112 valence electrons. The van der Waals surface area contributed by atoms with Gasteiger partial charge in [-0.2, -0.15) is 0 Å². The van der Waals surface area contributed by atoms with E-state index in [-0.39, 0.29) is 18.5 Å². The Morgan fingerprint density at radius 1 is 1.24 bits per heavy atom. The molecule has 2 N–H and O–H groups in total. The Hall–Kier alpha value is -2.21. The first-order valence-electron chi connectivity index (χ1n) is 6.76. The molecule has 2 rings (SSSR count). The van der Waals surface area contributed by atoms with Gasteiger partial charge in [-0.05, 0) is 31.2 Å². The Kier molecular flexibility index (Phi) is 5.05. The molecule has 0 saturated heterocycles. The zero-order valence-corrected chi connectivity index (χ0v) is 12.1. The predicted molar refractivity (Wildman–Crippen MR) is 80.8 cm³/mol. The number of nitrogens with one attached hydrogen (secondary N) is 1. The molecule has 6 heteroatoms. The zero-order chi connectivity index (χ0) is 15.2. The number of aliphatic hydroxyl groups is 1. The highest BCUT2D eigenvalue weighted by Crippen LogP contribution is 2.18. The summed E-state index contributed by atoms with van der Waals surface area (Å²) >= 11 is 0. The van der Waals surface area contributed by atoms with E-state index in [1.165, 1.54) is 12.3 Å². The van der Waals surface area contributed by atoms with E-state index in [1.807, 2.05) is 31.0 Å². The van der Waals surface area contributed by atoms with Crippen molar-refractivity contribution in [3.8, 4) is 0 Å². The van der Waals surface area contributed by atoms with Crippen LogP contribution in [0.3, 0.4) is 0 Å². The van der Waals surface area contributed by atoms with E-state index < -0.39 is 0 Å². The van der Waals surface area contributed by atoms with E-state index in [9.17, 15) is 4.39 Å². The van der Waals surface area contributed by atoms with Gasteiger partial charge in [0, 0.05) is 13.6 Å². The van der Waals surface area contributed by atoms with Crippen molar-refractivity contribution in [3.63, 3.8) is 0 Å². The number of hydrogen-bond acceptors (Lipinski definition) is 5. The number of pyridine rings is 2. The van der Waals surface area contributed by atoms with Crippen molar-refractivity contribution < 1.29 is 9.50 Å². The Morgan fingerprint density at radius 3 is 2.62 bits per heavy atom. The summed E-state index contributed by atoms with van der Waals surface area (Å²) in [6.07, 6.45) is 2.94. The maximum atomic E-state index is 12.8. The van der Waals surface area contributed by atoms with Crippen molar-refractivity contribution in [3.05, 3.63) is 48.2 Å². The molecule has 0 aliphatic carbocycles. The second kappa shape index (κ2) is 6.99. The largest absolute Gasteiger partial charge is 0.395 e. The summed E-state index contributed by atoms with van der Waals surface area (Å²) in [6, 6.07) is 6.76. The molecule has 0 aromatic carbocycles. The normalized spacial score (nSPS) is 12.0. The van der Waals surface area contributed by atoms with E-state index >= 15 is 0 Å². The van der Waals surface area contributed by atoms with E-state index in [4.69, 9.17) is 5.11 Å². The first-order chi connectivity index (χ1) is 10.1. The van der Waals surface area contributed by atoms with Gasteiger partial charge in [-0.15, -0.1) is 0 Å². The van der Waals surface area contributed by atoms with E-state index in [2.05, 4.69) is 15.3 Å². The lowest BCUT2D eigenvalue weighted by atomic mass is 10.2. The molecule has 0 amide bonds. The number of nitrogens with zero attached hydrogens (tertiary/aromatic N) is 3. The molecule has 0 aliphatic heterocycles. The molecule has 0 fully saturated rings. The van der Waals surface area contributed by atoms with Crippen molar-refractivity contribution in [2.75, 3.05) is 30.4 Å². The minimum atomic E-state index is -0.347. The van der Waals surface area contributed by atoms with Crippen molar-refractivity contribution in [2.24, 2.45) is 0 Å². The number of rotatable bonds is 6. The van der Waals surface area contributed by atoms with Gasteiger partial charge in [0.05, 0.1) is 36.4 Å². The molecule has 5 nitrogen and oxygen atoms in total. The third kappa shape index (κ3) is 4.13. The first-order valence-corrected chi connectivity index (χ1v) is 6.76. The average Bonchev–Trinajstić information content (AvgIpc) is 2.49. The Balaban J connectivity index is 2.01. The van der Waals surface area contributed by atoms with Crippen LogP contribution in [0.2, 0.25) is 0 Å². The number of aliphatic hydroxyl groups excluding tert-OH is 1. The SMILES string of the molecule is CC(Nc1ccc(N(C)CCO)cn1)c1ccc(F)cn1. The standard InChI is InChI=1S/C15H19FN4O/c1-11(14-5-3-12(16)9-17-14)19-15-6-4-13(10-18-15)20(2)7-8-21/h3-6,9-11,21H,7-8H2,1-2H3,(H,18,19). The number of hydrogen-bond donors (Lipinski definition) is 2. The molecule has 0 bridgehead atoms. The molecular weight excluding hydrogens is 271 g/mol. The summed E-state index contributed by atoms with van der Waals surface area (Å²) in [5, 5.41) is 12.1. The van der Waals surface area contributed by atoms with Gasteiger partial charge in [-0.25, -0.2) is 9.37 Å². The van der Waals surface area contributed by atoms with Crippen LogP contribution >= 0.6 is 0 Å². The van der Waals surface area contributed by atoms with Crippen LogP contribution in [-0.4, -0.2) is 35.3 Å². The summed E-state index contributed by atoms with van der Waals surface area (Å²) in [5.74, 6) is 0.370. The lowest BCUT2D eigenvalue weighted by molar-refractivity contribution is 0.304. The Labute approximate surface area is 123 Å². The van der Waals surface area contributed by atoms with Gasteiger partial charge < -0.3 is 15.3 Å². The van der Waals surface area contributed by atoms with E-state index in [0.29, 0.717) is 6.54 Å². The molecule has 1 unspecified atom stereocenters. The lowest BCUT2D eigenvalue weighted by Gasteiger charge is -2.18. The molecule has 0 spiro atoms. The van der Waals surface area contributed by atoms with E-state index in [1.54, 1.807) is 12.3 Å². The van der Waals surface area contributed by atoms with Gasteiger partial charge in [-0.3, -0.25) is 4.98 Å². The van der Waals surface area contributed by atoms with Gasteiger partial charge in [-0.1, -0.05) is 0 Å². The highest BCUT2D eigenvalue weighted by atomic mass is 19.1. The van der Waals surface area contributed by atoms with Crippen molar-refractivity contribution in [2.45, 2.75) is 13.0 Å². The molecular formula is C15H19FN4O. The van der Waals surface area contributed by atoms with Crippen LogP contribution in [0.4, 0.5) is 15.9 Å². The average molecular weight is 290 g/mol. The van der Waals surface area contributed by atoms with Crippen LogP contribution in [0.25, 0.3) is 0 Å². The topological polar surface area (TPSA) is 61.3 Å². The molecule has 0 aliphatic rings. The van der Waals surface area contributed by atoms with Crippen molar-refractivity contribution >= 4 is 11.5 Å². The van der Waals surface area contributed by atoms with Gasteiger partial charge in [0.2, 0.25) is 0 Å². The van der Waals surface area contributed by atoms with Gasteiger partial charge in [0.25, 0.3) is 0 Å². The van der Waals surface area contributed by atoms with Crippen LogP contribution in [-0.2, 0) is 0 Å². The molecule has 0 saturated carbocycles. The van der Waals surface area contributed by atoms with Gasteiger partial charge in [0.15, 0.2) is 0 Å². The molecule has 2 heterocycles. The second-order valence-corrected chi connectivity index (χ2v) is 4.81. The zero-order valence-electron chi connectivity index (χ0n) is 12.1. The highest BCUT2D eigenvalue weighted by Gasteiger charge is 2.08. The molecule has 2 aromatic heterocycles. The molecule has 21 heavy (non-hydrogen) atoms. The van der Waals surface area contributed by atoms with Gasteiger partial charge in [0.1, 0.15) is 11.6 Å². The quantitative estimate of drug-likeness (QED) is 0.854. The summed E-state index contributed by atoms with van der Waals surface area (Å²) in [6.45, 7) is 2.60. The Bertz CT molecular complexity index is 559. The van der Waals surface area contributed by atoms with Gasteiger partial charge >= 0.3 is 0 Å². The molecule has 1 atom stereocenters. The highest BCUT2D eigenvalue weighted by molar-refractivity contribution is 5.49. The summed E-state index contributed by atoms with van der Waals surface area (Å²) in [4.78, 5) is 10.3. The fraction of sp³-hybridized carbons (Fsp3) is 0.333. The van der Waals surface area contributed by atoms with Crippen LogP contribution in [0.5, 0.6) is 0 Å². The maximum absolute atomic E-state index is 12.8. The number of anilines is 2. The number of halogens is 1. The third-order valence-electron chi connectivity index (χ3n) is 3.18. The lowest BCUT2D eigenvalue weighted by Crippen LogP contribution is -2.21. The number of likely N-dealkylation sites (N-methyl/N-ethyl adjacent to an activating group) is 1. The minimum Gasteiger partial charge on any atom is -0.395 e. The van der Waals surface area contributed by atoms with Crippen molar-refractivity contribution in [1.82, 2.24) is 9.97 Å². The van der Waals surface area contributed by atoms with Crippen LogP contribution < -0.4 is 10.2 Å². The molecule has 0 radical (unpaired) electrons. The van der Waals surface area contributed by atoms with Crippen LogP contribution in [0, 0.1) is 5.82 Å². The van der Waals surface area contributed by atoms with Crippen molar-refractivity contribution in [1.29, 1.82) is 0 Å². The Morgan fingerprint density at radius 2 is 2.05 bits per heavy atom. The van der Waals surface area contributed by atoms with Crippen LogP contribution in [0.1, 0.15) is 18.7 Å². The smallest absolute Gasteiger partial charge is 0.141 e. The third-order valence-corrected chi connectivity index (χ3v) is 3.18. The van der Waals surface area contributed by atoms with E-state index in [0.717, 1.165) is 17.2 Å². The monoisotopic (exact) mass is 290 g/mol. The van der Waals surface area contributed by atoms with Crippen LogP contribution in [0.15, 0.2) is 36.7 Å². The first kappa shape index (κ1) is 15.2. The fourth-order valence-electron chi connectivity index (χ4n) is 1.92. The predicted octanol–water partition coefficient (Wildman–Crippen LogP) is 2.22. The molecule has 2 aromatic rings. The summed E-state index contributed by atoms with van der Waals surface area (Å²) in [7, 11) is 1.89. The fourth-order valence-corrected chi connectivity index (χ4v) is 1.92. The number of aromatic nitrogens is 2. The summed E-state index contributed by atoms with van der Waals surface area (Å²) < 4.78 is 12.8. The maximum Gasteiger partial charge on any atom is 0.141 e.